The maximum absolute atomic E-state index is 14.9. The quantitative estimate of drug-likeness (QED) is 0.215. The number of carbonyl (C=O) groups is 4. The number of benzene rings is 1. The molecule has 1 aromatic carbocycles. The lowest BCUT2D eigenvalue weighted by Gasteiger charge is -2.55. The fourth-order valence-electron chi connectivity index (χ4n) is 11.8. The molecule has 1 aliphatic carbocycles. The number of rotatable bonds is 9. The molecule has 1 saturated carbocycles. The summed E-state index contributed by atoms with van der Waals surface area (Å²) in [6.07, 6.45) is 3.94. The Balaban J connectivity index is 1.08. The van der Waals surface area contributed by atoms with Crippen molar-refractivity contribution >= 4 is 23.9 Å². The van der Waals surface area contributed by atoms with Gasteiger partial charge in [-0.05, 0) is 73.2 Å². The molecule has 13 heteroatoms. The summed E-state index contributed by atoms with van der Waals surface area (Å²) in [6, 6.07) is 9.06. The average Bonchev–Trinajstić information content (AvgIpc) is 3.50. The first-order valence-electron chi connectivity index (χ1n) is 20.7. The first-order chi connectivity index (χ1) is 26.7. The van der Waals surface area contributed by atoms with E-state index in [1.807, 2.05) is 51.5 Å². The van der Waals surface area contributed by atoms with Gasteiger partial charge in [0.25, 0.3) is 0 Å². The van der Waals surface area contributed by atoms with Crippen molar-refractivity contribution in [2.45, 2.75) is 157 Å². The Hall–Kier alpha value is -3.36. The number of aliphatic hydroxyl groups excluding tert-OH is 2. The normalized spacial score (nSPS) is 43.5. The SMILES string of the molecule is C/C=C(/C)C(=O)O[C@@H]1C[C@@H]2C[C@H](OC(=O)C3C(c4ccccc4)C(C(=O)O[C@@H]4C[C@@H]5C[C@@H](O)C[C@H]4N5C)C3(C)C(=O)O[C@@H]3C[C@@H]4C[C@@H](O)C[C@H]3N4C)C[C@H]1N2C. The van der Waals surface area contributed by atoms with E-state index < -0.39 is 71.6 Å². The second-order valence-electron chi connectivity index (χ2n) is 18.2. The van der Waals surface area contributed by atoms with Gasteiger partial charge in [0.05, 0.1) is 35.5 Å². The van der Waals surface area contributed by atoms with E-state index in [9.17, 15) is 29.4 Å². The topological polar surface area (TPSA) is 155 Å². The summed E-state index contributed by atoms with van der Waals surface area (Å²) in [5.74, 6) is -4.91. The fourth-order valence-corrected chi connectivity index (χ4v) is 11.8. The van der Waals surface area contributed by atoms with Crippen LogP contribution in [0.1, 0.15) is 90.0 Å². The molecule has 1 aromatic rings. The van der Waals surface area contributed by atoms with Crippen molar-refractivity contribution in [1.29, 1.82) is 0 Å². The molecule has 0 spiro atoms. The Kier molecular flexibility index (Phi) is 10.6. The molecule has 16 atom stereocenters. The van der Waals surface area contributed by atoms with Crippen LogP contribution in [0.15, 0.2) is 42.0 Å². The van der Waals surface area contributed by atoms with Crippen LogP contribution in [0.3, 0.4) is 0 Å². The highest BCUT2D eigenvalue weighted by Gasteiger charge is 2.72. The fraction of sp³-hybridized carbons (Fsp3) is 0.721. The number of piperidine rings is 3. The van der Waals surface area contributed by atoms with Gasteiger partial charge in [0.2, 0.25) is 0 Å². The molecule has 2 N–H and O–H groups in total. The van der Waals surface area contributed by atoms with E-state index >= 15 is 0 Å². The third-order valence-corrected chi connectivity index (χ3v) is 15.2. The van der Waals surface area contributed by atoms with Gasteiger partial charge in [-0.25, -0.2) is 4.79 Å². The van der Waals surface area contributed by atoms with Crippen molar-refractivity contribution in [3.8, 4) is 0 Å². The number of hydrogen-bond donors (Lipinski definition) is 2. The largest absolute Gasteiger partial charge is 0.462 e. The minimum atomic E-state index is -1.62. The zero-order chi connectivity index (χ0) is 39.8. The summed E-state index contributed by atoms with van der Waals surface area (Å²) in [5, 5.41) is 21.1. The monoisotopic (exact) mass is 777 g/mol. The minimum Gasteiger partial charge on any atom is -0.462 e. The predicted molar refractivity (Wildman–Crippen MR) is 203 cm³/mol. The first-order valence-corrected chi connectivity index (χ1v) is 20.7. The molecule has 6 bridgehead atoms. The highest BCUT2D eigenvalue weighted by atomic mass is 16.6. The van der Waals surface area contributed by atoms with Crippen molar-refractivity contribution in [3.63, 3.8) is 0 Å². The van der Waals surface area contributed by atoms with Gasteiger partial charge in [-0.1, -0.05) is 36.4 Å². The number of ether oxygens (including phenoxy) is 4. The molecule has 56 heavy (non-hydrogen) atoms. The number of esters is 4. The lowest BCUT2D eigenvalue weighted by Crippen LogP contribution is -2.65. The Morgan fingerprint density at radius 3 is 1.70 bits per heavy atom. The molecule has 6 heterocycles. The van der Waals surface area contributed by atoms with Gasteiger partial charge in [0, 0.05) is 73.8 Å². The number of fused-ring (bicyclic) bond motifs is 6. The second kappa shape index (κ2) is 15.1. The first kappa shape index (κ1) is 39.5. The van der Waals surface area contributed by atoms with Crippen LogP contribution in [0, 0.1) is 17.3 Å². The summed E-state index contributed by atoms with van der Waals surface area (Å²) < 4.78 is 25.1. The maximum atomic E-state index is 14.9. The van der Waals surface area contributed by atoms with Crippen LogP contribution in [0.2, 0.25) is 0 Å². The van der Waals surface area contributed by atoms with Crippen molar-refractivity contribution < 1.29 is 48.3 Å². The summed E-state index contributed by atoms with van der Waals surface area (Å²) in [5.41, 5.74) is -0.347. The number of nitrogens with zero attached hydrogens (tertiary/aromatic N) is 3. The van der Waals surface area contributed by atoms with E-state index in [2.05, 4.69) is 14.7 Å². The summed E-state index contributed by atoms with van der Waals surface area (Å²) in [4.78, 5) is 63.6. The molecule has 0 radical (unpaired) electrons. The Morgan fingerprint density at radius 1 is 0.661 bits per heavy atom. The molecule has 13 nitrogen and oxygen atoms in total. The minimum absolute atomic E-state index is 0.0391. The Morgan fingerprint density at radius 2 is 1.14 bits per heavy atom. The van der Waals surface area contributed by atoms with Crippen molar-refractivity contribution in [1.82, 2.24) is 14.7 Å². The van der Waals surface area contributed by atoms with Gasteiger partial charge in [0.15, 0.2) is 0 Å². The third-order valence-electron chi connectivity index (χ3n) is 15.2. The van der Waals surface area contributed by atoms with Crippen LogP contribution in [0.5, 0.6) is 0 Å². The summed E-state index contributed by atoms with van der Waals surface area (Å²) >= 11 is 0. The van der Waals surface area contributed by atoms with Crippen LogP contribution in [-0.2, 0) is 38.1 Å². The van der Waals surface area contributed by atoms with E-state index in [4.69, 9.17) is 18.9 Å². The second-order valence-corrected chi connectivity index (χ2v) is 18.2. The molecule has 7 fully saturated rings. The van der Waals surface area contributed by atoms with Crippen molar-refractivity contribution in [2.75, 3.05) is 21.1 Å². The highest BCUT2D eigenvalue weighted by Crippen LogP contribution is 2.63. The Labute approximate surface area is 329 Å². The van der Waals surface area contributed by atoms with Gasteiger partial charge in [-0.3, -0.25) is 29.1 Å². The lowest BCUT2D eigenvalue weighted by molar-refractivity contribution is -0.210. The molecule has 0 amide bonds. The molecule has 6 saturated heterocycles. The smallest absolute Gasteiger partial charge is 0.333 e. The zero-order valence-corrected chi connectivity index (χ0v) is 33.5. The maximum Gasteiger partial charge on any atom is 0.333 e. The molecule has 6 aliphatic heterocycles. The predicted octanol–water partition coefficient (Wildman–Crippen LogP) is 2.96. The van der Waals surface area contributed by atoms with E-state index in [1.54, 1.807) is 26.8 Å². The molecule has 0 aromatic heterocycles. The van der Waals surface area contributed by atoms with Gasteiger partial charge in [-0.2, -0.15) is 0 Å². The number of hydrogen-bond acceptors (Lipinski definition) is 13. The van der Waals surface area contributed by atoms with Crippen LogP contribution < -0.4 is 0 Å². The van der Waals surface area contributed by atoms with Crippen molar-refractivity contribution in [3.05, 3.63) is 47.5 Å². The van der Waals surface area contributed by atoms with Gasteiger partial charge in [-0.15, -0.1) is 0 Å². The van der Waals surface area contributed by atoms with Crippen LogP contribution in [0.25, 0.3) is 0 Å². The molecular formula is C43H59N3O10. The third kappa shape index (κ3) is 6.68. The van der Waals surface area contributed by atoms with Gasteiger partial charge in [0.1, 0.15) is 24.4 Å². The van der Waals surface area contributed by atoms with Crippen LogP contribution >= 0.6 is 0 Å². The standard InChI is InChI=1S/C43H59N3O10/c1-7-22(2)39(49)54-34-18-26-15-29(21-32(34)46(26)6)53-40(50)37-36(23-11-9-8-10-12-23)38(41(51)55-33-16-24-13-27(47)19-30(33)44(24)4)43(37,3)42(52)56-35-17-25-14-28(48)20-31(35)45(25)5/h7-12,24-38,47-48H,13-21H2,1-6H3/b22-7-/t24-,25-,26-,27+,28+,29-,30+,31+,32+,33+,34+,35+,36?,37?,38?,43?/m0/s1. The van der Waals surface area contributed by atoms with E-state index in [-0.39, 0.29) is 48.3 Å². The molecule has 4 unspecified atom stereocenters. The number of carbonyl (C=O) groups excluding carboxylic acids is 4. The number of aliphatic hydroxyl groups is 2. The van der Waals surface area contributed by atoms with Crippen LogP contribution in [-0.4, -0.2) is 143 Å². The van der Waals surface area contributed by atoms with E-state index in [0.717, 1.165) is 5.56 Å². The molecule has 7 aliphatic rings. The van der Waals surface area contributed by atoms with Gasteiger partial charge < -0.3 is 29.2 Å². The average molecular weight is 778 g/mol. The lowest BCUT2D eigenvalue weighted by atomic mass is 9.45. The zero-order valence-electron chi connectivity index (χ0n) is 33.5. The van der Waals surface area contributed by atoms with Gasteiger partial charge >= 0.3 is 23.9 Å². The highest BCUT2D eigenvalue weighted by molar-refractivity contribution is 5.96. The number of likely N-dealkylation sites (N-methyl/N-ethyl adjacent to an activating group) is 3. The number of allylic oxidation sites excluding steroid dienone is 1. The molecular weight excluding hydrogens is 718 g/mol. The molecule has 306 valence electrons. The summed E-state index contributed by atoms with van der Waals surface area (Å²) in [6.45, 7) is 5.19. The van der Waals surface area contributed by atoms with E-state index in [1.165, 1.54) is 0 Å². The molecule has 8 rings (SSSR count). The summed E-state index contributed by atoms with van der Waals surface area (Å²) in [7, 11) is 5.99. The van der Waals surface area contributed by atoms with Crippen molar-refractivity contribution in [2.24, 2.45) is 17.3 Å². The Bertz CT molecular complexity index is 1720. The van der Waals surface area contributed by atoms with Crippen LogP contribution in [0.4, 0.5) is 0 Å². The van der Waals surface area contributed by atoms with E-state index in [0.29, 0.717) is 63.4 Å².